The van der Waals surface area contributed by atoms with Crippen molar-refractivity contribution in [1.29, 1.82) is 0 Å². The Balaban J connectivity index is 2.56. The number of carboxylic acid groups (broad SMARTS) is 1. The Hall–Kier alpha value is -1.10. The van der Waals surface area contributed by atoms with E-state index in [4.69, 9.17) is 9.84 Å². The summed E-state index contributed by atoms with van der Waals surface area (Å²) in [7, 11) is 0. The summed E-state index contributed by atoms with van der Waals surface area (Å²) in [5.41, 5.74) is 0. The van der Waals surface area contributed by atoms with Crippen LogP contribution >= 0.6 is 0 Å². The number of carbonyl (C=O) groups is 2. The molecular formula is C10H17NO4. The zero-order valence-electron chi connectivity index (χ0n) is 8.94. The van der Waals surface area contributed by atoms with Crippen LogP contribution in [0.25, 0.3) is 0 Å². The van der Waals surface area contributed by atoms with Crippen molar-refractivity contribution >= 4 is 11.9 Å². The third-order valence-corrected chi connectivity index (χ3v) is 2.42. The normalized spacial score (nSPS) is 21.4. The van der Waals surface area contributed by atoms with Gasteiger partial charge in [-0.3, -0.25) is 9.59 Å². The van der Waals surface area contributed by atoms with Crippen LogP contribution in [0.1, 0.15) is 26.2 Å². The summed E-state index contributed by atoms with van der Waals surface area (Å²) in [5, 5.41) is 8.70. The van der Waals surface area contributed by atoms with Crippen molar-refractivity contribution in [2.75, 3.05) is 19.8 Å². The molecule has 86 valence electrons. The molecule has 0 radical (unpaired) electrons. The average Bonchev–Trinajstić information content (AvgIpc) is 2.18. The van der Waals surface area contributed by atoms with Gasteiger partial charge in [-0.1, -0.05) is 6.92 Å². The van der Waals surface area contributed by atoms with E-state index in [0.717, 1.165) is 6.42 Å². The van der Waals surface area contributed by atoms with Gasteiger partial charge in [0, 0.05) is 13.0 Å². The highest BCUT2D eigenvalue weighted by Crippen LogP contribution is 2.12. The van der Waals surface area contributed by atoms with E-state index in [9.17, 15) is 9.59 Å². The zero-order valence-corrected chi connectivity index (χ0v) is 8.94. The van der Waals surface area contributed by atoms with Crippen LogP contribution in [-0.2, 0) is 14.3 Å². The molecule has 15 heavy (non-hydrogen) atoms. The number of amides is 1. The van der Waals surface area contributed by atoms with Gasteiger partial charge in [0.1, 0.15) is 0 Å². The number of morpholine rings is 1. The number of hydrogen-bond donors (Lipinski definition) is 1. The van der Waals surface area contributed by atoms with E-state index >= 15 is 0 Å². The molecule has 1 amide bonds. The lowest BCUT2D eigenvalue weighted by atomic mass is 10.1. The molecule has 0 aromatic heterocycles. The topological polar surface area (TPSA) is 66.8 Å². The summed E-state index contributed by atoms with van der Waals surface area (Å²) >= 11 is 0. The smallest absolute Gasteiger partial charge is 0.305 e. The number of nitrogens with zero attached hydrogens (tertiary/aromatic N) is 1. The van der Waals surface area contributed by atoms with Crippen LogP contribution in [0.4, 0.5) is 0 Å². The van der Waals surface area contributed by atoms with Crippen molar-refractivity contribution < 1.29 is 19.4 Å². The van der Waals surface area contributed by atoms with Crippen LogP contribution in [0.2, 0.25) is 0 Å². The second-order valence-electron chi connectivity index (χ2n) is 3.66. The monoisotopic (exact) mass is 215 g/mol. The third-order valence-electron chi connectivity index (χ3n) is 2.42. The minimum absolute atomic E-state index is 0.0323. The maximum atomic E-state index is 11.7. The molecule has 1 aliphatic rings. The second kappa shape index (κ2) is 5.70. The van der Waals surface area contributed by atoms with Crippen molar-refractivity contribution in [3.05, 3.63) is 0 Å². The molecule has 5 nitrogen and oxygen atoms in total. The van der Waals surface area contributed by atoms with Gasteiger partial charge in [-0.05, 0) is 6.42 Å². The fourth-order valence-corrected chi connectivity index (χ4v) is 1.71. The van der Waals surface area contributed by atoms with E-state index in [1.807, 2.05) is 6.92 Å². The maximum absolute atomic E-state index is 11.7. The van der Waals surface area contributed by atoms with Crippen molar-refractivity contribution in [3.63, 3.8) is 0 Å². The van der Waals surface area contributed by atoms with E-state index < -0.39 is 5.97 Å². The summed E-state index contributed by atoms with van der Waals surface area (Å²) < 4.78 is 5.18. The third kappa shape index (κ3) is 3.51. The Morgan fingerprint density at radius 1 is 1.53 bits per heavy atom. The second-order valence-corrected chi connectivity index (χ2v) is 3.66. The summed E-state index contributed by atoms with van der Waals surface area (Å²) in [6.45, 7) is 3.29. The molecule has 1 heterocycles. The van der Waals surface area contributed by atoms with Crippen LogP contribution in [0, 0.1) is 0 Å². The minimum atomic E-state index is -0.889. The lowest BCUT2D eigenvalue weighted by Gasteiger charge is -2.34. The van der Waals surface area contributed by atoms with Gasteiger partial charge in [0.15, 0.2) is 0 Å². The lowest BCUT2D eigenvalue weighted by Crippen LogP contribution is -2.49. The van der Waals surface area contributed by atoms with Crippen molar-refractivity contribution in [2.24, 2.45) is 0 Å². The quantitative estimate of drug-likeness (QED) is 0.741. The summed E-state index contributed by atoms with van der Waals surface area (Å²) in [5.74, 6) is -0.855. The lowest BCUT2D eigenvalue weighted by molar-refractivity contribution is -0.146. The zero-order chi connectivity index (χ0) is 11.3. The largest absolute Gasteiger partial charge is 0.481 e. The van der Waals surface area contributed by atoms with E-state index in [1.165, 1.54) is 0 Å². The molecule has 0 aliphatic carbocycles. The standard InChI is InChI=1S/C10H17NO4/c1-2-3-9(12)11-4-5-15-7-8(11)6-10(13)14/h8H,2-7H2,1H3,(H,13,14). The highest BCUT2D eigenvalue weighted by molar-refractivity contribution is 5.77. The Morgan fingerprint density at radius 2 is 2.27 bits per heavy atom. The molecule has 0 saturated carbocycles. The number of rotatable bonds is 4. The number of hydrogen-bond acceptors (Lipinski definition) is 3. The fourth-order valence-electron chi connectivity index (χ4n) is 1.71. The molecule has 0 bridgehead atoms. The van der Waals surface area contributed by atoms with E-state index in [-0.39, 0.29) is 18.4 Å². The number of aliphatic carboxylic acids is 1. The van der Waals surface area contributed by atoms with Crippen LogP contribution in [0.15, 0.2) is 0 Å². The summed E-state index contributed by atoms with van der Waals surface area (Å²) in [6.07, 6.45) is 1.24. The number of ether oxygens (including phenoxy) is 1. The number of carboxylic acids is 1. The SMILES string of the molecule is CCCC(=O)N1CCOCC1CC(=O)O. The van der Waals surface area contributed by atoms with Gasteiger partial charge < -0.3 is 14.7 Å². The van der Waals surface area contributed by atoms with Gasteiger partial charge in [0.2, 0.25) is 5.91 Å². The minimum Gasteiger partial charge on any atom is -0.481 e. The van der Waals surface area contributed by atoms with E-state index in [0.29, 0.717) is 26.2 Å². The molecule has 5 heteroatoms. The van der Waals surface area contributed by atoms with Gasteiger partial charge in [-0.2, -0.15) is 0 Å². The molecule has 0 spiro atoms. The highest BCUT2D eigenvalue weighted by atomic mass is 16.5. The predicted octanol–water partition coefficient (Wildman–Crippen LogP) is 0.489. The number of carbonyl (C=O) groups excluding carboxylic acids is 1. The molecule has 1 saturated heterocycles. The fraction of sp³-hybridized carbons (Fsp3) is 0.800. The van der Waals surface area contributed by atoms with Gasteiger partial charge in [0.05, 0.1) is 25.7 Å². The van der Waals surface area contributed by atoms with Gasteiger partial charge in [0.25, 0.3) is 0 Å². The average molecular weight is 215 g/mol. The van der Waals surface area contributed by atoms with Crippen LogP contribution in [0.5, 0.6) is 0 Å². The Labute approximate surface area is 89.0 Å². The highest BCUT2D eigenvalue weighted by Gasteiger charge is 2.28. The Kier molecular flexibility index (Phi) is 4.55. The first kappa shape index (κ1) is 12.0. The van der Waals surface area contributed by atoms with Crippen molar-refractivity contribution in [1.82, 2.24) is 4.90 Å². The van der Waals surface area contributed by atoms with Crippen molar-refractivity contribution in [2.45, 2.75) is 32.2 Å². The molecule has 1 unspecified atom stereocenters. The Bertz CT molecular complexity index is 242. The molecular weight excluding hydrogens is 198 g/mol. The van der Waals surface area contributed by atoms with Crippen molar-refractivity contribution in [3.8, 4) is 0 Å². The van der Waals surface area contributed by atoms with Gasteiger partial charge in [-0.25, -0.2) is 0 Å². The molecule has 1 N–H and O–H groups in total. The molecule has 0 aromatic carbocycles. The first-order valence-electron chi connectivity index (χ1n) is 5.24. The first-order valence-corrected chi connectivity index (χ1v) is 5.24. The van der Waals surface area contributed by atoms with E-state index in [2.05, 4.69) is 0 Å². The van der Waals surface area contributed by atoms with Gasteiger partial charge >= 0.3 is 5.97 Å². The summed E-state index contributed by atoms with van der Waals surface area (Å²) in [6, 6.07) is -0.296. The van der Waals surface area contributed by atoms with Crippen LogP contribution < -0.4 is 0 Å². The molecule has 1 fully saturated rings. The maximum Gasteiger partial charge on any atom is 0.305 e. The molecule has 1 aliphatic heterocycles. The molecule has 1 rings (SSSR count). The predicted molar refractivity (Wildman–Crippen MR) is 53.5 cm³/mol. The molecule has 1 atom stereocenters. The van der Waals surface area contributed by atoms with E-state index in [1.54, 1.807) is 4.90 Å². The van der Waals surface area contributed by atoms with Crippen LogP contribution in [0.3, 0.4) is 0 Å². The van der Waals surface area contributed by atoms with Crippen LogP contribution in [-0.4, -0.2) is 47.7 Å². The summed E-state index contributed by atoms with van der Waals surface area (Å²) in [4.78, 5) is 23.9. The van der Waals surface area contributed by atoms with Gasteiger partial charge in [-0.15, -0.1) is 0 Å². The first-order chi connectivity index (χ1) is 7.15. The Morgan fingerprint density at radius 3 is 2.87 bits per heavy atom. The molecule has 0 aromatic rings.